The molecule has 0 fully saturated rings. The summed E-state index contributed by atoms with van der Waals surface area (Å²) >= 11 is 0. The van der Waals surface area contributed by atoms with Gasteiger partial charge >= 0.3 is 0 Å². The summed E-state index contributed by atoms with van der Waals surface area (Å²) < 4.78 is 27.1. The van der Waals surface area contributed by atoms with Gasteiger partial charge in [0.1, 0.15) is 11.6 Å². The summed E-state index contributed by atoms with van der Waals surface area (Å²) in [5.74, 6) is -0.682. The van der Waals surface area contributed by atoms with E-state index in [1.807, 2.05) is 0 Å². The van der Waals surface area contributed by atoms with E-state index < -0.39 is 6.04 Å². The van der Waals surface area contributed by atoms with Crippen LogP contribution in [-0.2, 0) is 0 Å². The molecule has 4 heteroatoms. The molecule has 0 radical (unpaired) electrons. The second-order valence-corrected chi connectivity index (χ2v) is 4.50. The van der Waals surface area contributed by atoms with Crippen LogP contribution < -0.4 is 10.6 Å². The molecule has 0 aliphatic heterocycles. The molecular formula is C15H16F2N2. The summed E-state index contributed by atoms with van der Waals surface area (Å²) in [4.78, 5) is 1.73. The molecule has 2 rings (SSSR count). The van der Waals surface area contributed by atoms with Crippen LogP contribution >= 0.6 is 0 Å². The van der Waals surface area contributed by atoms with Crippen molar-refractivity contribution in [1.82, 2.24) is 0 Å². The Labute approximate surface area is 111 Å². The highest BCUT2D eigenvalue weighted by Crippen LogP contribution is 2.31. The van der Waals surface area contributed by atoms with E-state index in [0.717, 1.165) is 0 Å². The molecule has 1 atom stereocenters. The zero-order valence-electron chi connectivity index (χ0n) is 10.9. The van der Waals surface area contributed by atoms with Crippen LogP contribution in [0.3, 0.4) is 0 Å². The van der Waals surface area contributed by atoms with E-state index in [4.69, 9.17) is 5.73 Å². The maximum absolute atomic E-state index is 13.9. The summed E-state index contributed by atoms with van der Waals surface area (Å²) in [5.41, 5.74) is 7.53. The molecule has 2 aromatic rings. The molecule has 0 aromatic heterocycles. The van der Waals surface area contributed by atoms with Crippen LogP contribution in [0.5, 0.6) is 0 Å². The van der Waals surface area contributed by atoms with Crippen LogP contribution in [0, 0.1) is 11.6 Å². The Morgan fingerprint density at radius 1 is 1.11 bits per heavy atom. The molecule has 0 bridgehead atoms. The van der Waals surface area contributed by atoms with E-state index in [9.17, 15) is 8.78 Å². The molecule has 2 N–H and O–H groups in total. The first-order valence-corrected chi connectivity index (χ1v) is 6.04. The van der Waals surface area contributed by atoms with Crippen molar-refractivity contribution < 1.29 is 8.78 Å². The molecule has 0 saturated carbocycles. The quantitative estimate of drug-likeness (QED) is 0.912. The van der Waals surface area contributed by atoms with Crippen LogP contribution in [0.1, 0.15) is 18.5 Å². The molecule has 2 aromatic carbocycles. The minimum Gasteiger partial charge on any atom is -0.344 e. The first-order chi connectivity index (χ1) is 9.00. The topological polar surface area (TPSA) is 29.3 Å². The summed E-state index contributed by atoms with van der Waals surface area (Å²) in [5, 5.41) is 0. The molecular weight excluding hydrogens is 246 g/mol. The predicted octanol–water partition coefficient (Wildman–Crippen LogP) is 3.75. The lowest BCUT2D eigenvalue weighted by atomic mass is 10.0. The summed E-state index contributed by atoms with van der Waals surface area (Å²) in [7, 11) is 1.76. The molecule has 0 spiro atoms. The van der Waals surface area contributed by atoms with Crippen molar-refractivity contribution in [3.8, 4) is 0 Å². The van der Waals surface area contributed by atoms with Gasteiger partial charge in [0.2, 0.25) is 0 Å². The van der Waals surface area contributed by atoms with Crippen LogP contribution in [0.15, 0.2) is 42.5 Å². The van der Waals surface area contributed by atoms with Gasteiger partial charge in [0.25, 0.3) is 0 Å². The van der Waals surface area contributed by atoms with Crippen molar-refractivity contribution in [3.63, 3.8) is 0 Å². The Bertz CT molecular complexity index is 582. The lowest BCUT2D eigenvalue weighted by molar-refractivity contribution is 0.594. The van der Waals surface area contributed by atoms with Gasteiger partial charge in [0.15, 0.2) is 0 Å². The Hall–Kier alpha value is -1.94. The zero-order chi connectivity index (χ0) is 14.0. The predicted molar refractivity (Wildman–Crippen MR) is 73.5 cm³/mol. The number of nitrogens with zero attached hydrogens (tertiary/aromatic N) is 1. The van der Waals surface area contributed by atoms with Gasteiger partial charge in [0.05, 0.1) is 0 Å². The normalized spacial score (nSPS) is 12.3. The van der Waals surface area contributed by atoms with Crippen molar-refractivity contribution in [3.05, 3.63) is 59.7 Å². The number of nitrogens with two attached hydrogens (primary N) is 1. The number of hydrogen-bond donors (Lipinski definition) is 1. The van der Waals surface area contributed by atoms with E-state index in [2.05, 4.69) is 0 Å². The molecule has 19 heavy (non-hydrogen) atoms. The maximum Gasteiger partial charge on any atom is 0.130 e. The fourth-order valence-electron chi connectivity index (χ4n) is 2.09. The standard InChI is InChI=1S/C15H16F2N2/c1-10(18)15-13(17)7-4-8-14(15)19(2)12-6-3-5-11(16)9-12/h3-10H,18H2,1-2H3/t10-/m0/s1. The Morgan fingerprint density at radius 3 is 2.42 bits per heavy atom. The van der Waals surface area contributed by atoms with Crippen molar-refractivity contribution in [2.75, 3.05) is 11.9 Å². The molecule has 0 saturated heterocycles. The fraction of sp³-hybridized carbons (Fsp3) is 0.200. The number of benzene rings is 2. The number of rotatable bonds is 3. The highest BCUT2D eigenvalue weighted by Gasteiger charge is 2.16. The van der Waals surface area contributed by atoms with Gasteiger partial charge < -0.3 is 10.6 Å². The van der Waals surface area contributed by atoms with Gasteiger partial charge in [0, 0.05) is 30.0 Å². The lowest BCUT2D eigenvalue weighted by Crippen LogP contribution is -2.17. The molecule has 0 amide bonds. The lowest BCUT2D eigenvalue weighted by Gasteiger charge is -2.24. The van der Waals surface area contributed by atoms with E-state index in [1.54, 1.807) is 43.1 Å². The maximum atomic E-state index is 13.9. The van der Waals surface area contributed by atoms with E-state index >= 15 is 0 Å². The number of halogens is 2. The molecule has 0 unspecified atom stereocenters. The van der Waals surface area contributed by atoms with E-state index in [1.165, 1.54) is 18.2 Å². The average molecular weight is 262 g/mol. The first-order valence-electron chi connectivity index (χ1n) is 6.04. The highest BCUT2D eigenvalue weighted by molar-refractivity contribution is 5.66. The summed E-state index contributed by atoms with van der Waals surface area (Å²) in [6, 6.07) is 10.5. The third-order valence-electron chi connectivity index (χ3n) is 3.04. The van der Waals surface area contributed by atoms with Gasteiger partial charge in [-0.1, -0.05) is 12.1 Å². The summed E-state index contributed by atoms with van der Waals surface area (Å²) in [6.07, 6.45) is 0. The van der Waals surface area contributed by atoms with Gasteiger partial charge in [-0.15, -0.1) is 0 Å². The average Bonchev–Trinajstić information content (AvgIpc) is 2.37. The molecule has 0 heterocycles. The zero-order valence-corrected chi connectivity index (χ0v) is 10.9. The monoisotopic (exact) mass is 262 g/mol. The third kappa shape index (κ3) is 2.74. The van der Waals surface area contributed by atoms with Crippen molar-refractivity contribution >= 4 is 11.4 Å². The number of anilines is 2. The van der Waals surface area contributed by atoms with Crippen LogP contribution in [0.4, 0.5) is 20.2 Å². The van der Waals surface area contributed by atoms with Crippen LogP contribution in [0.25, 0.3) is 0 Å². The number of hydrogen-bond acceptors (Lipinski definition) is 2. The SMILES string of the molecule is C[C@H](N)c1c(F)cccc1N(C)c1cccc(F)c1. The third-order valence-corrected chi connectivity index (χ3v) is 3.04. The van der Waals surface area contributed by atoms with Crippen LogP contribution in [-0.4, -0.2) is 7.05 Å². The Morgan fingerprint density at radius 2 is 1.79 bits per heavy atom. The first kappa shape index (κ1) is 13.5. The minimum atomic E-state index is -0.438. The second kappa shape index (κ2) is 5.36. The molecule has 2 nitrogen and oxygen atoms in total. The van der Waals surface area contributed by atoms with Gasteiger partial charge in [-0.2, -0.15) is 0 Å². The summed E-state index contributed by atoms with van der Waals surface area (Å²) in [6.45, 7) is 1.72. The molecule has 0 aliphatic carbocycles. The second-order valence-electron chi connectivity index (χ2n) is 4.50. The van der Waals surface area contributed by atoms with Crippen molar-refractivity contribution in [1.29, 1.82) is 0 Å². The van der Waals surface area contributed by atoms with E-state index in [-0.39, 0.29) is 11.6 Å². The minimum absolute atomic E-state index is 0.330. The van der Waals surface area contributed by atoms with Gasteiger partial charge in [-0.25, -0.2) is 8.78 Å². The highest BCUT2D eigenvalue weighted by atomic mass is 19.1. The molecule has 0 aliphatic rings. The fourth-order valence-corrected chi connectivity index (χ4v) is 2.09. The largest absolute Gasteiger partial charge is 0.344 e. The Balaban J connectivity index is 2.50. The van der Waals surface area contributed by atoms with Crippen molar-refractivity contribution in [2.45, 2.75) is 13.0 Å². The Kier molecular flexibility index (Phi) is 3.81. The molecule has 100 valence electrons. The van der Waals surface area contributed by atoms with Gasteiger partial charge in [-0.05, 0) is 37.3 Å². The van der Waals surface area contributed by atoms with Crippen LogP contribution in [0.2, 0.25) is 0 Å². The smallest absolute Gasteiger partial charge is 0.130 e. The van der Waals surface area contributed by atoms with Gasteiger partial charge in [-0.3, -0.25) is 0 Å². The van der Waals surface area contributed by atoms with Crippen molar-refractivity contribution in [2.24, 2.45) is 5.73 Å². The van der Waals surface area contributed by atoms with E-state index in [0.29, 0.717) is 16.9 Å².